The molecule has 1 heterocycles. The Bertz CT molecular complexity index is 516. The van der Waals surface area contributed by atoms with E-state index in [1.807, 2.05) is 39.1 Å². The predicted molar refractivity (Wildman–Crippen MR) is 94.1 cm³/mol. The third-order valence-electron chi connectivity index (χ3n) is 2.49. The highest BCUT2D eigenvalue weighted by molar-refractivity contribution is 7.09. The number of ether oxygens (including phenoxy) is 1. The fourth-order valence-electron chi connectivity index (χ4n) is 1.58. The summed E-state index contributed by atoms with van der Waals surface area (Å²) in [6.45, 7) is 6.70. The van der Waals surface area contributed by atoms with E-state index in [1.165, 1.54) is 4.88 Å². The number of aryl methyl sites for hydroxylation is 1. The summed E-state index contributed by atoms with van der Waals surface area (Å²) in [6.07, 6.45) is 0.403. The van der Waals surface area contributed by atoms with Crippen LogP contribution in [0.2, 0.25) is 0 Å². The Morgan fingerprint density at radius 1 is 1.27 bits per heavy atom. The topological polar surface area (TPSA) is 76.4 Å². The Labute approximate surface area is 136 Å². The van der Waals surface area contributed by atoms with Crippen LogP contribution in [0.25, 0.3) is 0 Å². The van der Waals surface area contributed by atoms with Gasteiger partial charge in [0, 0.05) is 11.9 Å². The second kappa shape index (κ2) is 12.7. The van der Waals surface area contributed by atoms with Crippen molar-refractivity contribution >= 4 is 23.4 Å². The molecule has 0 saturated heterocycles. The highest BCUT2D eigenvalue weighted by Gasteiger charge is 2.05. The molecule has 1 aromatic carbocycles. The van der Waals surface area contributed by atoms with Crippen molar-refractivity contribution in [2.75, 3.05) is 12.4 Å². The first-order chi connectivity index (χ1) is 10.7. The van der Waals surface area contributed by atoms with E-state index in [0.717, 1.165) is 17.0 Å². The number of carbonyl (C=O) groups excluding carboxylic acids is 1. The van der Waals surface area contributed by atoms with Gasteiger partial charge >= 0.3 is 0 Å². The molecule has 0 atom stereocenters. The zero-order chi connectivity index (χ0) is 16.8. The summed E-state index contributed by atoms with van der Waals surface area (Å²) in [4.78, 5) is 10.2. The van der Waals surface area contributed by atoms with Crippen LogP contribution in [0.5, 0.6) is 5.75 Å². The monoisotopic (exact) mass is 323 g/mol. The molecule has 0 saturated carbocycles. The molecule has 0 aliphatic rings. The van der Waals surface area contributed by atoms with Crippen LogP contribution in [-0.2, 0) is 11.4 Å². The second-order valence-electron chi connectivity index (χ2n) is 3.85. The minimum Gasteiger partial charge on any atom is -0.486 e. The zero-order valence-corrected chi connectivity index (χ0v) is 14.4. The van der Waals surface area contributed by atoms with E-state index in [-0.39, 0.29) is 0 Å². The lowest BCUT2D eigenvalue weighted by Gasteiger charge is -2.12. The molecule has 0 bridgehead atoms. The molecule has 0 unspecified atom stereocenters. The third kappa shape index (κ3) is 7.10. The van der Waals surface area contributed by atoms with Crippen LogP contribution in [0.1, 0.15) is 24.3 Å². The fourth-order valence-corrected chi connectivity index (χ4v) is 2.19. The van der Waals surface area contributed by atoms with E-state index in [1.54, 1.807) is 16.8 Å². The molecule has 2 aromatic rings. The first kappa shape index (κ1) is 19.9. The van der Waals surface area contributed by atoms with Crippen molar-refractivity contribution in [3.63, 3.8) is 0 Å². The lowest BCUT2D eigenvalue weighted by atomic mass is 10.2. The summed E-state index contributed by atoms with van der Waals surface area (Å²) >= 11 is 1.72. The second-order valence-corrected chi connectivity index (χ2v) is 4.89. The van der Waals surface area contributed by atoms with Crippen LogP contribution in [0.3, 0.4) is 0 Å². The van der Waals surface area contributed by atoms with Gasteiger partial charge < -0.3 is 10.1 Å². The van der Waals surface area contributed by atoms with Gasteiger partial charge in [0.2, 0.25) is 6.41 Å². The summed E-state index contributed by atoms with van der Waals surface area (Å²) in [6, 6.07) is 10.2. The smallest absolute Gasteiger partial charge is 0.221 e. The van der Waals surface area contributed by atoms with Crippen molar-refractivity contribution in [2.24, 2.45) is 5.84 Å². The molecule has 1 amide bonds. The van der Waals surface area contributed by atoms with Crippen molar-refractivity contribution < 1.29 is 9.53 Å². The molecule has 0 fully saturated rings. The lowest BCUT2D eigenvalue weighted by molar-refractivity contribution is -0.109. The van der Waals surface area contributed by atoms with Crippen LogP contribution in [0.15, 0.2) is 35.7 Å². The molecular formula is C16H25N3O2S. The van der Waals surface area contributed by atoms with Gasteiger partial charge in [-0.25, -0.2) is 5.84 Å². The lowest BCUT2D eigenvalue weighted by Crippen LogP contribution is -2.18. The predicted octanol–water partition coefficient (Wildman–Crippen LogP) is 3.31. The van der Waals surface area contributed by atoms with Crippen LogP contribution >= 0.6 is 11.3 Å². The number of hydrogen-bond donors (Lipinski definition) is 3. The van der Waals surface area contributed by atoms with Gasteiger partial charge in [-0.2, -0.15) is 0 Å². The minimum absolute atomic E-state index is 0.403. The maximum absolute atomic E-state index is 8.94. The van der Waals surface area contributed by atoms with Gasteiger partial charge in [-0.1, -0.05) is 32.0 Å². The molecular weight excluding hydrogens is 298 g/mol. The maximum atomic E-state index is 8.94. The van der Waals surface area contributed by atoms with E-state index in [4.69, 9.17) is 9.53 Å². The average molecular weight is 323 g/mol. The van der Waals surface area contributed by atoms with Gasteiger partial charge in [0.15, 0.2) is 0 Å². The Balaban J connectivity index is 0.000000640. The van der Waals surface area contributed by atoms with Crippen molar-refractivity contribution in [1.82, 2.24) is 5.43 Å². The maximum Gasteiger partial charge on any atom is 0.221 e. The summed E-state index contributed by atoms with van der Waals surface area (Å²) in [5, 5.41) is 5.21. The normalized spacial score (nSPS) is 8.59. The molecule has 6 heteroatoms. The van der Waals surface area contributed by atoms with E-state index in [9.17, 15) is 0 Å². The van der Waals surface area contributed by atoms with Gasteiger partial charge in [-0.15, -0.1) is 11.3 Å². The number of amides is 1. The highest BCUT2D eigenvalue weighted by atomic mass is 32.1. The number of thiophene rings is 1. The number of anilines is 1. The molecule has 0 aliphatic heterocycles. The van der Waals surface area contributed by atoms with Gasteiger partial charge in [0.25, 0.3) is 0 Å². The van der Waals surface area contributed by atoms with E-state index < -0.39 is 0 Å². The molecule has 0 radical (unpaired) electrons. The number of nitrogens with two attached hydrogens (primary N) is 1. The van der Waals surface area contributed by atoms with Crippen LogP contribution < -0.4 is 21.3 Å². The summed E-state index contributed by atoms with van der Waals surface area (Å²) in [5.41, 5.74) is 3.94. The number of benzene rings is 1. The van der Waals surface area contributed by atoms with E-state index in [0.29, 0.717) is 13.0 Å². The Kier molecular flexibility index (Phi) is 11.5. The van der Waals surface area contributed by atoms with Crippen molar-refractivity contribution in [3.05, 3.63) is 46.2 Å². The van der Waals surface area contributed by atoms with Gasteiger partial charge in [-0.05, 0) is 30.0 Å². The molecule has 4 N–H and O–H groups in total. The number of para-hydroxylation sites is 1. The Hall–Kier alpha value is -2.05. The number of carbonyl (C=O) groups is 1. The van der Waals surface area contributed by atoms with Crippen LogP contribution in [0.4, 0.5) is 5.69 Å². The molecule has 0 spiro atoms. The largest absolute Gasteiger partial charge is 0.486 e. The third-order valence-corrected chi connectivity index (χ3v) is 3.34. The molecule has 0 aliphatic carbocycles. The molecule has 1 aromatic heterocycles. The van der Waals surface area contributed by atoms with Gasteiger partial charge in [0.05, 0.1) is 5.69 Å². The van der Waals surface area contributed by atoms with Crippen LogP contribution in [-0.4, -0.2) is 13.5 Å². The summed E-state index contributed by atoms with van der Waals surface area (Å²) < 4.78 is 5.85. The van der Waals surface area contributed by atoms with Gasteiger partial charge in [-0.3, -0.25) is 10.2 Å². The number of hydrazine groups is 1. The summed E-state index contributed by atoms with van der Waals surface area (Å²) in [5.74, 6) is 5.35. The summed E-state index contributed by atoms with van der Waals surface area (Å²) in [7, 11) is 1.91. The van der Waals surface area contributed by atoms with E-state index >= 15 is 0 Å². The number of hydrogen-bond acceptors (Lipinski definition) is 5. The zero-order valence-electron chi connectivity index (χ0n) is 13.6. The van der Waals surface area contributed by atoms with Crippen LogP contribution in [0, 0.1) is 6.92 Å². The minimum atomic E-state index is 0.403. The van der Waals surface area contributed by atoms with Crippen molar-refractivity contribution in [1.29, 1.82) is 0 Å². The van der Waals surface area contributed by atoms with Crippen molar-refractivity contribution in [3.8, 4) is 5.75 Å². The molecule has 122 valence electrons. The highest BCUT2D eigenvalue weighted by Crippen LogP contribution is 2.29. The van der Waals surface area contributed by atoms with E-state index in [2.05, 4.69) is 35.6 Å². The molecule has 5 nitrogen and oxygen atoms in total. The Morgan fingerprint density at radius 3 is 2.45 bits per heavy atom. The molecule has 22 heavy (non-hydrogen) atoms. The first-order valence-electron chi connectivity index (χ1n) is 7.05. The number of rotatable bonds is 5. The standard InChI is InChI=1S/C13H15NOS.C2H6.CH4N2O/c1-10-5-3-7-12(14-2)13(10)15-9-11-6-4-8-16-11;1-2;2-3-1-4/h3-8,14H,9H2,1-2H3;1-2H3;1H,2H2,(H,3,4). The molecule has 2 rings (SSSR count). The SMILES string of the molecule is CC.CNc1cccc(C)c1OCc1cccs1.NNC=O. The van der Waals surface area contributed by atoms with Crippen molar-refractivity contribution in [2.45, 2.75) is 27.4 Å². The first-order valence-corrected chi connectivity index (χ1v) is 7.93. The average Bonchev–Trinajstić information content (AvgIpc) is 3.09. The Morgan fingerprint density at radius 2 is 1.95 bits per heavy atom. The number of nitrogens with one attached hydrogen (secondary N) is 2. The van der Waals surface area contributed by atoms with Gasteiger partial charge in [0.1, 0.15) is 12.4 Å². The quantitative estimate of drug-likeness (QED) is 0.341. The fraction of sp³-hybridized carbons (Fsp3) is 0.312.